The lowest BCUT2D eigenvalue weighted by atomic mass is 10.2. The van der Waals surface area contributed by atoms with Gasteiger partial charge in [0.1, 0.15) is 5.82 Å². The number of anilines is 1. The molecule has 0 aliphatic carbocycles. The standard InChI is InChI=1S/C6H7N3O.ClH/c7-5-4(6(8)10)2-1-3-9-5;/h1-3H,(H2,7,9)(H2,8,10);1H. The number of carbonyl (C=O) groups is 1. The number of hydrogen-bond donors (Lipinski definition) is 2. The highest BCUT2D eigenvalue weighted by atomic mass is 35.5. The molecule has 1 amide bonds. The van der Waals surface area contributed by atoms with Crippen LogP contribution in [0.15, 0.2) is 18.3 Å². The van der Waals surface area contributed by atoms with Gasteiger partial charge in [-0.2, -0.15) is 0 Å². The normalized spacial score (nSPS) is 8.36. The predicted octanol–water partition coefficient (Wildman–Crippen LogP) is 0.184. The largest absolute Gasteiger partial charge is 0.383 e. The highest BCUT2D eigenvalue weighted by Gasteiger charge is 2.02. The van der Waals surface area contributed by atoms with E-state index in [-0.39, 0.29) is 23.8 Å². The molecule has 0 aliphatic rings. The zero-order valence-corrected chi connectivity index (χ0v) is 6.47. The van der Waals surface area contributed by atoms with Crippen LogP contribution in [-0.4, -0.2) is 10.9 Å². The molecule has 1 rings (SSSR count). The van der Waals surface area contributed by atoms with E-state index in [1.54, 1.807) is 6.07 Å². The summed E-state index contributed by atoms with van der Waals surface area (Å²) in [7, 11) is 0. The fraction of sp³-hybridized carbons (Fsp3) is 0. The Labute approximate surface area is 70.0 Å². The molecule has 1 aromatic rings. The van der Waals surface area contributed by atoms with E-state index in [1.807, 2.05) is 0 Å². The molecule has 0 saturated carbocycles. The summed E-state index contributed by atoms with van der Waals surface area (Å²) in [6.07, 6.45) is 1.50. The summed E-state index contributed by atoms with van der Waals surface area (Å²) in [6.45, 7) is 0. The summed E-state index contributed by atoms with van der Waals surface area (Å²) < 4.78 is 0. The van der Waals surface area contributed by atoms with E-state index < -0.39 is 5.91 Å². The minimum absolute atomic E-state index is 0. The maximum absolute atomic E-state index is 10.5. The number of aromatic nitrogens is 1. The number of halogens is 1. The Kier molecular flexibility index (Phi) is 3.33. The van der Waals surface area contributed by atoms with Crippen molar-refractivity contribution in [1.29, 1.82) is 0 Å². The van der Waals surface area contributed by atoms with Crippen LogP contribution in [0.1, 0.15) is 10.4 Å². The van der Waals surface area contributed by atoms with Gasteiger partial charge < -0.3 is 11.5 Å². The predicted molar refractivity (Wildman–Crippen MR) is 44.4 cm³/mol. The van der Waals surface area contributed by atoms with Crippen molar-refractivity contribution in [3.63, 3.8) is 0 Å². The minimum atomic E-state index is -0.550. The van der Waals surface area contributed by atoms with Gasteiger partial charge in [-0.25, -0.2) is 4.98 Å². The van der Waals surface area contributed by atoms with Crippen molar-refractivity contribution in [2.24, 2.45) is 5.73 Å². The average Bonchev–Trinajstić information content (AvgIpc) is 1.88. The van der Waals surface area contributed by atoms with Crippen LogP contribution in [0.4, 0.5) is 5.82 Å². The summed E-state index contributed by atoms with van der Waals surface area (Å²) in [4.78, 5) is 14.2. The van der Waals surface area contributed by atoms with Crippen molar-refractivity contribution in [1.82, 2.24) is 4.98 Å². The summed E-state index contributed by atoms with van der Waals surface area (Å²) in [6, 6.07) is 3.14. The lowest BCUT2D eigenvalue weighted by Gasteiger charge is -1.96. The van der Waals surface area contributed by atoms with Crippen LogP contribution in [-0.2, 0) is 0 Å². The molecule has 5 heteroatoms. The monoisotopic (exact) mass is 173 g/mol. The molecule has 0 aromatic carbocycles. The zero-order chi connectivity index (χ0) is 7.56. The number of nitrogen functional groups attached to an aromatic ring is 1. The Hall–Kier alpha value is -1.29. The van der Waals surface area contributed by atoms with Crippen LogP contribution in [0.2, 0.25) is 0 Å². The number of carbonyl (C=O) groups excluding carboxylic acids is 1. The highest BCUT2D eigenvalue weighted by Crippen LogP contribution is 2.03. The summed E-state index contributed by atoms with van der Waals surface area (Å²) >= 11 is 0. The van der Waals surface area contributed by atoms with Gasteiger partial charge in [0, 0.05) is 6.20 Å². The maximum Gasteiger partial charge on any atom is 0.252 e. The van der Waals surface area contributed by atoms with Gasteiger partial charge in [0.2, 0.25) is 0 Å². The van der Waals surface area contributed by atoms with E-state index in [0.717, 1.165) is 0 Å². The number of nitrogens with two attached hydrogens (primary N) is 2. The molecular weight excluding hydrogens is 166 g/mol. The van der Waals surface area contributed by atoms with Crippen molar-refractivity contribution >= 4 is 24.1 Å². The summed E-state index contributed by atoms with van der Waals surface area (Å²) in [5.74, 6) is -0.374. The smallest absolute Gasteiger partial charge is 0.252 e. The molecule has 0 radical (unpaired) electrons. The molecular formula is C6H8ClN3O. The number of nitrogens with zero attached hydrogens (tertiary/aromatic N) is 1. The Morgan fingerprint density at radius 3 is 2.55 bits per heavy atom. The number of amides is 1. The van der Waals surface area contributed by atoms with Crippen LogP contribution in [0.25, 0.3) is 0 Å². The van der Waals surface area contributed by atoms with Crippen LogP contribution in [0.3, 0.4) is 0 Å². The molecule has 1 aromatic heterocycles. The third-order valence-electron chi connectivity index (χ3n) is 1.10. The van der Waals surface area contributed by atoms with Crippen LogP contribution in [0.5, 0.6) is 0 Å². The first kappa shape index (κ1) is 9.71. The number of hydrogen-bond acceptors (Lipinski definition) is 3. The van der Waals surface area contributed by atoms with E-state index in [1.165, 1.54) is 12.3 Å². The van der Waals surface area contributed by atoms with Crippen molar-refractivity contribution in [3.05, 3.63) is 23.9 Å². The van der Waals surface area contributed by atoms with Gasteiger partial charge in [-0.1, -0.05) is 0 Å². The number of pyridine rings is 1. The van der Waals surface area contributed by atoms with Crippen molar-refractivity contribution in [3.8, 4) is 0 Å². The van der Waals surface area contributed by atoms with Crippen LogP contribution in [0, 0.1) is 0 Å². The van der Waals surface area contributed by atoms with Crippen molar-refractivity contribution in [2.45, 2.75) is 0 Å². The molecule has 0 aliphatic heterocycles. The fourth-order valence-electron chi connectivity index (χ4n) is 0.626. The Balaban J connectivity index is 0.000001000. The van der Waals surface area contributed by atoms with E-state index in [0.29, 0.717) is 0 Å². The Morgan fingerprint density at radius 1 is 1.55 bits per heavy atom. The fourth-order valence-corrected chi connectivity index (χ4v) is 0.626. The number of primary amides is 1. The minimum Gasteiger partial charge on any atom is -0.383 e. The molecule has 1 heterocycles. The molecule has 0 spiro atoms. The second-order valence-corrected chi connectivity index (χ2v) is 1.80. The van der Waals surface area contributed by atoms with E-state index in [4.69, 9.17) is 11.5 Å². The van der Waals surface area contributed by atoms with Crippen LogP contribution >= 0.6 is 12.4 Å². The summed E-state index contributed by atoms with van der Waals surface area (Å²) in [5, 5.41) is 0. The van der Waals surface area contributed by atoms with E-state index in [2.05, 4.69) is 4.98 Å². The van der Waals surface area contributed by atoms with Gasteiger partial charge in [0.05, 0.1) is 5.56 Å². The zero-order valence-electron chi connectivity index (χ0n) is 5.65. The molecule has 60 valence electrons. The van der Waals surface area contributed by atoms with Crippen molar-refractivity contribution < 1.29 is 4.79 Å². The SMILES string of the molecule is Cl.NC(=O)c1cccnc1N. The van der Waals surface area contributed by atoms with Crippen LogP contribution < -0.4 is 11.5 Å². The third kappa shape index (κ3) is 2.09. The van der Waals surface area contributed by atoms with Crippen molar-refractivity contribution in [2.75, 3.05) is 5.73 Å². The average molecular weight is 174 g/mol. The second-order valence-electron chi connectivity index (χ2n) is 1.80. The van der Waals surface area contributed by atoms with Gasteiger partial charge in [0.15, 0.2) is 0 Å². The molecule has 0 fully saturated rings. The van der Waals surface area contributed by atoms with Gasteiger partial charge in [-0.15, -0.1) is 12.4 Å². The number of rotatable bonds is 1. The molecule has 4 nitrogen and oxygen atoms in total. The van der Waals surface area contributed by atoms with Gasteiger partial charge >= 0.3 is 0 Å². The Morgan fingerprint density at radius 2 is 2.18 bits per heavy atom. The van der Waals surface area contributed by atoms with Gasteiger partial charge in [-0.3, -0.25) is 4.79 Å². The Bertz CT molecular complexity index is 264. The lowest BCUT2D eigenvalue weighted by Crippen LogP contribution is -2.13. The highest BCUT2D eigenvalue weighted by molar-refractivity contribution is 5.96. The molecule has 0 saturated heterocycles. The topological polar surface area (TPSA) is 82.0 Å². The first-order chi connectivity index (χ1) is 4.72. The van der Waals surface area contributed by atoms with E-state index >= 15 is 0 Å². The third-order valence-corrected chi connectivity index (χ3v) is 1.10. The summed E-state index contributed by atoms with van der Waals surface area (Å²) in [5.41, 5.74) is 10.5. The first-order valence-corrected chi connectivity index (χ1v) is 2.72. The first-order valence-electron chi connectivity index (χ1n) is 2.72. The second kappa shape index (κ2) is 3.78. The molecule has 0 unspecified atom stereocenters. The van der Waals surface area contributed by atoms with E-state index in [9.17, 15) is 4.79 Å². The maximum atomic E-state index is 10.5. The van der Waals surface area contributed by atoms with Gasteiger partial charge in [-0.05, 0) is 12.1 Å². The lowest BCUT2D eigenvalue weighted by molar-refractivity contribution is 0.100. The van der Waals surface area contributed by atoms with Gasteiger partial charge in [0.25, 0.3) is 5.91 Å². The molecule has 4 N–H and O–H groups in total. The quantitative estimate of drug-likeness (QED) is 0.636. The molecule has 11 heavy (non-hydrogen) atoms. The molecule has 0 bridgehead atoms. The molecule has 0 atom stereocenters.